The summed E-state index contributed by atoms with van der Waals surface area (Å²) in [5, 5.41) is 7.10. The number of esters is 1. The fraction of sp³-hybridized carbons (Fsp3) is 0.333. The van der Waals surface area contributed by atoms with Crippen LogP contribution in [0, 0.1) is 5.41 Å². The number of hydrogen-bond donors (Lipinski definition) is 2. The molecule has 0 amide bonds. The van der Waals surface area contributed by atoms with Crippen LogP contribution in [0.15, 0.2) is 11.8 Å². The van der Waals surface area contributed by atoms with Crippen LogP contribution in [0.25, 0.3) is 0 Å². The molecule has 0 unspecified atom stereocenters. The Morgan fingerprint density at radius 3 is 2.64 bits per heavy atom. The second-order valence-electron chi connectivity index (χ2n) is 1.61. The largest absolute Gasteiger partial charge is 0.462 e. The maximum atomic E-state index is 10.9. The third-order valence-electron chi connectivity index (χ3n) is 0.898. The van der Waals surface area contributed by atoms with Crippen molar-refractivity contribution in [1.29, 1.82) is 5.41 Å². The average Bonchev–Trinajstić information content (AvgIpc) is 1.88. The van der Waals surface area contributed by atoms with Gasteiger partial charge >= 0.3 is 5.97 Å². The molecular weight excluding hydrogens is 259 g/mol. The summed E-state index contributed by atoms with van der Waals surface area (Å²) in [4.78, 5) is 10.9. The quantitative estimate of drug-likeness (QED) is 0.344. The first-order valence-corrected chi connectivity index (χ1v) is 4.04. The Morgan fingerprint density at radius 2 is 2.36 bits per heavy atom. The maximum absolute atomic E-state index is 10.9. The molecule has 0 radical (unpaired) electrons. The standard InChI is InChI=1S/C6H9IN2O2/c1-2-11-6(10)4(3-8)5(7)9/h3,9H,2,8H2,1H3/b4-3+,9-5?. The number of carbonyl (C=O) groups excluding carboxylic acids is 1. The van der Waals surface area contributed by atoms with Gasteiger partial charge in [-0.25, -0.2) is 4.79 Å². The summed E-state index contributed by atoms with van der Waals surface area (Å²) < 4.78 is 4.71. The highest BCUT2D eigenvalue weighted by atomic mass is 127. The molecule has 0 saturated heterocycles. The summed E-state index contributed by atoms with van der Waals surface area (Å²) in [6.45, 7) is 1.99. The highest BCUT2D eigenvalue weighted by Gasteiger charge is 2.12. The SMILES string of the molecule is CCOC(=O)/C(=C/N)C(=N)I. The van der Waals surface area contributed by atoms with E-state index in [2.05, 4.69) is 4.74 Å². The van der Waals surface area contributed by atoms with Crippen LogP contribution in [0.5, 0.6) is 0 Å². The second kappa shape index (κ2) is 5.11. The molecule has 0 aliphatic rings. The van der Waals surface area contributed by atoms with Crippen molar-refractivity contribution in [2.24, 2.45) is 5.73 Å². The summed E-state index contributed by atoms with van der Waals surface area (Å²) in [5.41, 5.74) is 5.20. The number of ether oxygens (including phenoxy) is 1. The van der Waals surface area contributed by atoms with E-state index < -0.39 is 5.97 Å². The van der Waals surface area contributed by atoms with E-state index in [0.29, 0.717) is 6.61 Å². The van der Waals surface area contributed by atoms with E-state index in [4.69, 9.17) is 11.1 Å². The lowest BCUT2D eigenvalue weighted by atomic mass is 10.3. The van der Waals surface area contributed by atoms with Gasteiger partial charge in [0.1, 0.15) is 9.29 Å². The number of hydrogen-bond acceptors (Lipinski definition) is 4. The third kappa shape index (κ3) is 3.35. The number of rotatable bonds is 3. The van der Waals surface area contributed by atoms with Crippen LogP contribution in [0.4, 0.5) is 0 Å². The first-order chi connectivity index (χ1) is 5.13. The smallest absolute Gasteiger partial charge is 0.342 e. The van der Waals surface area contributed by atoms with Crippen molar-refractivity contribution in [3.05, 3.63) is 11.8 Å². The molecule has 0 aromatic heterocycles. The third-order valence-corrected chi connectivity index (χ3v) is 1.48. The van der Waals surface area contributed by atoms with Crippen LogP contribution < -0.4 is 5.73 Å². The van der Waals surface area contributed by atoms with Gasteiger partial charge in [-0.05, 0) is 29.5 Å². The predicted octanol–water partition coefficient (Wildman–Crippen LogP) is 0.804. The van der Waals surface area contributed by atoms with Crippen LogP contribution >= 0.6 is 22.6 Å². The summed E-state index contributed by atoms with van der Waals surface area (Å²) in [7, 11) is 0. The van der Waals surface area contributed by atoms with E-state index in [9.17, 15) is 4.79 Å². The van der Waals surface area contributed by atoms with Gasteiger partial charge in [0.05, 0.1) is 6.61 Å². The van der Waals surface area contributed by atoms with Gasteiger partial charge in [0.2, 0.25) is 0 Å². The normalized spacial score (nSPS) is 10.9. The number of carbonyl (C=O) groups is 1. The number of nitrogens with one attached hydrogen (secondary N) is 1. The molecule has 0 aromatic carbocycles. The minimum atomic E-state index is -0.547. The maximum Gasteiger partial charge on any atom is 0.342 e. The molecule has 0 aromatic rings. The Balaban J connectivity index is 4.29. The number of halogens is 1. The lowest BCUT2D eigenvalue weighted by molar-refractivity contribution is -0.137. The van der Waals surface area contributed by atoms with Gasteiger partial charge in [-0.1, -0.05) is 0 Å². The minimum Gasteiger partial charge on any atom is -0.462 e. The van der Waals surface area contributed by atoms with E-state index >= 15 is 0 Å². The van der Waals surface area contributed by atoms with Crippen LogP contribution in [-0.4, -0.2) is 16.3 Å². The van der Waals surface area contributed by atoms with Gasteiger partial charge in [-0.15, -0.1) is 0 Å². The van der Waals surface area contributed by atoms with Gasteiger partial charge in [0.15, 0.2) is 0 Å². The van der Waals surface area contributed by atoms with Crippen LogP contribution in [0.2, 0.25) is 0 Å². The van der Waals surface area contributed by atoms with Gasteiger partial charge in [0, 0.05) is 6.20 Å². The van der Waals surface area contributed by atoms with Crippen molar-refractivity contribution in [3.63, 3.8) is 0 Å². The monoisotopic (exact) mass is 268 g/mol. The molecule has 62 valence electrons. The Morgan fingerprint density at radius 1 is 1.82 bits per heavy atom. The summed E-state index contributed by atoms with van der Waals surface area (Å²) in [5.74, 6) is -0.547. The van der Waals surface area contributed by atoms with Crippen molar-refractivity contribution in [2.75, 3.05) is 6.61 Å². The highest BCUT2D eigenvalue weighted by Crippen LogP contribution is 2.04. The van der Waals surface area contributed by atoms with Gasteiger partial charge in [0.25, 0.3) is 0 Å². The average molecular weight is 268 g/mol. The summed E-state index contributed by atoms with van der Waals surface area (Å²) in [6, 6.07) is 0. The van der Waals surface area contributed by atoms with E-state index in [0.717, 1.165) is 6.20 Å². The molecule has 0 atom stereocenters. The van der Waals surface area contributed by atoms with E-state index in [1.165, 1.54) is 0 Å². The van der Waals surface area contributed by atoms with Crippen molar-refractivity contribution < 1.29 is 9.53 Å². The van der Waals surface area contributed by atoms with Crippen molar-refractivity contribution in [1.82, 2.24) is 0 Å². The molecular formula is C6H9IN2O2. The van der Waals surface area contributed by atoms with Gasteiger partial charge < -0.3 is 10.5 Å². The number of nitrogens with two attached hydrogens (primary N) is 1. The Hall–Kier alpha value is -0.590. The van der Waals surface area contributed by atoms with Crippen LogP contribution in [0.3, 0.4) is 0 Å². The molecule has 0 saturated carbocycles. The van der Waals surface area contributed by atoms with Crippen LogP contribution in [0.1, 0.15) is 6.92 Å². The molecule has 0 rings (SSSR count). The topological polar surface area (TPSA) is 76.2 Å². The molecule has 3 N–H and O–H groups in total. The van der Waals surface area contributed by atoms with Crippen LogP contribution in [-0.2, 0) is 9.53 Å². The fourth-order valence-electron chi connectivity index (χ4n) is 0.440. The molecule has 0 bridgehead atoms. The predicted molar refractivity (Wildman–Crippen MR) is 50.7 cm³/mol. The molecule has 0 fully saturated rings. The summed E-state index contributed by atoms with van der Waals surface area (Å²) in [6.07, 6.45) is 1.08. The Bertz CT molecular complexity index is 201. The molecule has 0 heterocycles. The molecule has 0 aliphatic heterocycles. The zero-order valence-electron chi connectivity index (χ0n) is 6.06. The lowest BCUT2D eigenvalue weighted by Crippen LogP contribution is -2.13. The van der Waals surface area contributed by atoms with E-state index in [1.807, 2.05) is 0 Å². The van der Waals surface area contributed by atoms with Crippen molar-refractivity contribution in [3.8, 4) is 0 Å². The molecule has 0 aliphatic carbocycles. The molecule has 11 heavy (non-hydrogen) atoms. The zero-order chi connectivity index (χ0) is 8.85. The van der Waals surface area contributed by atoms with E-state index in [1.54, 1.807) is 29.5 Å². The van der Waals surface area contributed by atoms with Gasteiger partial charge in [-0.2, -0.15) is 0 Å². The molecule has 5 heteroatoms. The molecule has 0 spiro atoms. The first kappa shape index (κ1) is 10.4. The first-order valence-electron chi connectivity index (χ1n) is 2.97. The Kier molecular flexibility index (Phi) is 4.84. The Labute approximate surface area is 78.4 Å². The van der Waals surface area contributed by atoms with E-state index in [-0.39, 0.29) is 9.29 Å². The van der Waals surface area contributed by atoms with Crippen molar-refractivity contribution >= 4 is 32.3 Å². The zero-order valence-corrected chi connectivity index (χ0v) is 8.21. The lowest BCUT2D eigenvalue weighted by Gasteiger charge is -2.01. The fourth-order valence-corrected chi connectivity index (χ4v) is 0.840. The molecule has 4 nitrogen and oxygen atoms in total. The minimum absolute atomic E-state index is 0.0866. The van der Waals surface area contributed by atoms with Gasteiger partial charge in [-0.3, -0.25) is 5.41 Å². The summed E-state index contributed by atoms with van der Waals surface area (Å²) >= 11 is 1.69. The highest BCUT2D eigenvalue weighted by molar-refractivity contribution is 14.1. The van der Waals surface area contributed by atoms with Crippen molar-refractivity contribution in [2.45, 2.75) is 6.92 Å². The second-order valence-corrected chi connectivity index (χ2v) is 2.69.